The van der Waals surface area contributed by atoms with Crippen LogP contribution in [0.5, 0.6) is 0 Å². The maximum absolute atomic E-state index is 11.4. The highest BCUT2D eigenvalue weighted by molar-refractivity contribution is 5.98. The van der Waals surface area contributed by atoms with Gasteiger partial charge >= 0.3 is 0 Å². The third-order valence-corrected chi connectivity index (χ3v) is 3.10. The molecule has 19 heavy (non-hydrogen) atoms. The summed E-state index contributed by atoms with van der Waals surface area (Å²) >= 11 is 0. The number of aliphatic hydroxyl groups excluding tert-OH is 1. The van der Waals surface area contributed by atoms with Gasteiger partial charge in [-0.05, 0) is 23.1 Å². The summed E-state index contributed by atoms with van der Waals surface area (Å²) in [4.78, 5) is 11.4. The second-order valence-electron chi connectivity index (χ2n) is 4.37. The Bertz CT molecular complexity index is 554. The minimum Gasteiger partial charge on any atom is -0.362 e. The van der Waals surface area contributed by atoms with Crippen molar-refractivity contribution in [2.24, 2.45) is 0 Å². The first-order valence-corrected chi connectivity index (χ1v) is 6.21. The molecule has 0 aliphatic heterocycles. The molecule has 0 fully saturated rings. The van der Waals surface area contributed by atoms with Crippen molar-refractivity contribution in [1.82, 2.24) is 0 Å². The van der Waals surface area contributed by atoms with Crippen molar-refractivity contribution >= 4 is 5.78 Å². The van der Waals surface area contributed by atoms with Gasteiger partial charge in [0.2, 0.25) is 12.1 Å². The molecule has 0 saturated carbocycles. The average molecular weight is 256 g/mol. The van der Waals surface area contributed by atoms with Crippen molar-refractivity contribution in [2.45, 2.75) is 19.6 Å². The smallest absolute Gasteiger partial charge is 0.218 e. The fraction of sp³-hybridized carbons (Fsp3) is 0.188. The van der Waals surface area contributed by atoms with Gasteiger partial charge in [0.1, 0.15) is 0 Å². The summed E-state index contributed by atoms with van der Waals surface area (Å²) in [7, 11) is 0. The van der Waals surface area contributed by atoms with Crippen LogP contribution in [0, 0.1) is 0 Å². The van der Waals surface area contributed by atoms with Crippen LogP contribution in [-0.4, -0.2) is 22.3 Å². The Kier molecular flexibility index (Phi) is 4.10. The first-order chi connectivity index (χ1) is 9.11. The summed E-state index contributed by atoms with van der Waals surface area (Å²) in [5.74, 6) is -0.687. The minimum absolute atomic E-state index is 0.295. The van der Waals surface area contributed by atoms with E-state index in [1.807, 2.05) is 12.1 Å². The monoisotopic (exact) mass is 256 g/mol. The number of rotatable bonds is 4. The molecule has 0 spiro atoms. The van der Waals surface area contributed by atoms with Crippen LogP contribution in [0.15, 0.2) is 48.5 Å². The fourth-order valence-corrected chi connectivity index (χ4v) is 1.91. The molecule has 0 aromatic heterocycles. The zero-order valence-corrected chi connectivity index (χ0v) is 10.7. The molecule has 0 atom stereocenters. The van der Waals surface area contributed by atoms with E-state index in [0.717, 1.165) is 17.5 Å². The molecule has 3 nitrogen and oxygen atoms in total. The second kappa shape index (κ2) is 5.78. The number of Topliss-reactive ketones (excluding diaryl/α,β-unsaturated/α-hetero) is 1. The van der Waals surface area contributed by atoms with Gasteiger partial charge in [0.05, 0.1) is 0 Å². The molecule has 2 aromatic rings. The maximum Gasteiger partial charge on any atom is 0.218 e. The molecule has 0 amide bonds. The van der Waals surface area contributed by atoms with E-state index in [1.54, 1.807) is 24.3 Å². The lowest BCUT2D eigenvalue weighted by atomic mass is 10.0. The van der Waals surface area contributed by atoms with Crippen LogP contribution in [0.4, 0.5) is 0 Å². The van der Waals surface area contributed by atoms with Gasteiger partial charge in [0, 0.05) is 5.56 Å². The summed E-state index contributed by atoms with van der Waals surface area (Å²) in [5, 5.41) is 17.6. The number of aliphatic hydroxyl groups is 2. The summed E-state index contributed by atoms with van der Waals surface area (Å²) in [6.45, 7) is 2.11. The molecule has 2 rings (SSSR count). The van der Waals surface area contributed by atoms with Gasteiger partial charge in [0.25, 0.3) is 0 Å². The van der Waals surface area contributed by atoms with Crippen LogP contribution >= 0.6 is 0 Å². The predicted octanol–water partition coefficient (Wildman–Crippen LogP) is 2.41. The van der Waals surface area contributed by atoms with Gasteiger partial charge in [-0.15, -0.1) is 0 Å². The molecule has 2 aromatic carbocycles. The Balaban J connectivity index is 2.24. The van der Waals surface area contributed by atoms with E-state index >= 15 is 0 Å². The SMILES string of the molecule is CCc1ccc(-c2ccc(C(=O)C(O)O)cc2)cc1. The van der Waals surface area contributed by atoms with Crippen LogP contribution in [0.1, 0.15) is 22.8 Å². The largest absolute Gasteiger partial charge is 0.362 e. The molecular formula is C16H16O3. The number of carbonyl (C=O) groups excluding carboxylic acids is 1. The normalized spacial score (nSPS) is 10.7. The van der Waals surface area contributed by atoms with E-state index in [1.165, 1.54) is 5.56 Å². The lowest BCUT2D eigenvalue weighted by Crippen LogP contribution is -2.19. The van der Waals surface area contributed by atoms with Crippen molar-refractivity contribution < 1.29 is 15.0 Å². The van der Waals surface area contributed by atoms with E-state index < -0.39 is 12.1 Å². The molecule has 98 valence electrons. The van der Waals surface area contributed by atoms with E-state index in [2.05, 4.69) is 19.1 Å². The lowest BCUT2D eigenvalue weighted by Gasteiger charge is -2.06. The molecule has 0 saturated heterocycles. The zero-order valence-electron chi connectivity index (χ0n) is 10.7. The van der Waals surface area contributed by atoms with Crippen molar-refractivity contribution in [3.63, 3.8) is 0 Å². The number of benzene rings is 2. The number of aryl methyl sites for hydroxylation is 1. The van der Waals surface area contributed by atoms with Crippen LogP contribution in [0.25, 0.3) is 11.1 Å². The Hall–Kier alpha value is -1.97. The van der Waals surface area contributed by atoms with Crippen LogP contribution in [0.3, 0.4) is 0 Å². The standard InChI is InChI=1S/C16H16O3/c1-2-11-3-5-12(6-4-11)13-7-9-14(10-8-13)15(17)16(18)19/h3-10,16,18-19H,2H2,1H3. The number of hydrogen-bond donors (Lipinski definition) is 2. The molecule has 0 unspecified atom stereocenters. The lowest BCUT2D eigenvalue weighted by molar-refractivity contribution is -0.0195. The fourth-order valence-electron chi connectivity index (χ4n) is 1.91. The average Bonchev–Trinajstić information content (AvgIpc) is 2.46. The second-order valence-corrected chi connectivity index (χ2v) is 4.37. The quantitative estimate of drug-likeness (QED) is 0.652. The van der Waals surface area contributed by atoms with Crippen molar-refractivity contribution in [2.75, 3.05) is 0 Å². The first kappa shape index (κ1) is 13.5. The molecule has 0 aliphatic carbocycles. The zero-order chi connectivity index (χ0) is 13.8. The first-order valence-electron chi connectivity index (χ1n) is 6.21. The topological polar surface area (TPSA) is 57.5 Å². The van der Waals surface area contributed by atoms with Gasteiger partial charge in [-0.3, -0.25) is 4.79 Å². The molecule has 0 aliphatic rings. The van der Waals surface area contributed by atoms with Gasteiger partial charge in [-0.25, -0.2) is 0 Å². The Labute approximate surface area is 112 Å². The van der Waals surface area contributed by atoms with E-state index in [9.17, 15) is 4.79 Å². The van der Waals surface area contributed by atoms with Crippen LogP contribution < -0.4 is 0 Å². The van der Waals surface area contributed by atoms with E-state index in [-0.39, 0.29) is 0 Å². The number of ketones is 1. The Morgan fingerprint density at radius 2 is 1.42 bits per heavy atom. The molecular weight excluding hydrogens is 240 g/mol. The molecule has 0 radical (unpaired) electrons. The highest BCUT2D eigenvalue weighted by atomic mass is 16.5. The van der Waals surface area contributed by atoms with E-state index in [0.29, 0.717) is 5.56 Å². The maximum atomic E-state index is 11.4. The van der Waals surface area contributed by atoms with E-state index in [4.69, 9.17) is 10.2 Å². The summed E-state index contributed by atoms with van der Waals surface area (Å²) < 4.78 is 0. The Morgan fingerprint density at radius 3 is 1.84 bits per heavy atom. The highest BCUT2D eigenvalue weighted by Crippen LogP contribution is 2.21. The van der Waals surface area contributed by atoms with Crippen molar-refractivity contribution in [3.05, 3.63) is 59.7 Å². The molecule has 0 heterocycles. The summed E-state index contributed by atoms with van der Waals surface area (Å²) in [6.07, 6.45) is -0.947. The van der Waals surface area contributed by atoms with Crippen LogP contribution in [0.2, 0.25) is 0 Å². The molecule has 0 bridgehead atoms. The Morgan fingerprint density at radius 1 is 0.947 bits per heavy atom. The molecule has 2 N–H and O–H groups in total. The van der Waals surface area contributed by atoms with Gasteiger partial charge in [0.15, 0.2) is 0 Å². The van der Waals surface area contributed by atoms with Crippen molar-refractivity contribution in [3.8, 4) is 11.1 Å². The number of hydrogen-bond acceptors (Lipinski definition) is 3. The van der Waals surface area contributed by atoms with Gasteiger partial charge < -0.3 is 10.2 Å². The van der Waals surface area contributed by atoms with Crippen LogP contribution in [-0.2, 0) is 6.42 Å². The van der Waals surface area contributed by atoms with Gasteiger partial charge in [-0.2, -0.15) is 0 Å². The summed E-state index contributed by atoms with van der Waals surface area (Å²) in [5.41, 5.74) is 3.63. The number of carbonyl (C=O) groups is 1. The molecule has 3 heteroatoms. The summed E-state index contributed by atoms with van der Waals surface area (Å²) in [6, 6.07) is 15.0. The third kappa shape index (κ3) is 3.08. The van der Waals surface area contributed by atoms with Gasteiger partial charge in [-0.1, -0.05) is 55.5 Å². The van der Waals surface area contributed by atoms with Crippen molar-refractivity contribution in [1.29, 1.82) is 0 Å². The highest BCUT2D eigenvalue weighted by Gasteiger charge is 2.13. The predicted molar refractivity (Wildman–Crippen MR) is 73.8 cm³/mol. The third-order valence-electron chi connectivity index (χ3n) is 3.10. The minimum atomic E-state index is -1.95.